The van der Waals surface area contributed by atoms with E-state index in [-0.39, 0.29) is 6.42 Å². The van der Waals surface area contributed by atoms with Crippen LogP contribution in [0.15, 0.2) is 24.3 Å². The number of hydrogen-bond acceptors (Lipinski definition) is 3. The van der Waals surface area contributed by atoms with Gasteiger partial charge < -0.3 is 15.7 Å². The first-order valence-corrected chi connectivity index (χ1v) is 7.09. The first-order valence-electron chi connectivity index (χ1n) is 6.02. The summed E-state index contributed by atoms with van der Waals surface area (Å²) in [6.45, 7) is 1.43. The van der Waals surface area contributed by atoms with Crippen LogP contribution >= 0.6 is 23.2 Å². The molecule has 0 saturated carbocycles. The number of halogens is 2. The Labute approximate surface area is 123 Å². The Morgan fingerprint density at radius 3 is 2.16 bits per heavy atom. The van der Waals surface area contributed by atoms with Crippen LogP contribution < -0.4 is 10.6 Å². The van der Waals surface area contributed by atoms with Crippen molar-refractivity contribution in [2.75, 3.05) is 29.7 Å². The minimum atomic E-state index is -0.900. The molecule has 0 spiro atoms. The number of nitrogens with two attached hydrogens (primary N) is 1. The normalized spacial score (nSPS) is 12.2. The molecular formula is C13H18Cl2N2O2. The number of benzene rings is 1. The molecule has 0 aliphatic heterocycles. The Kier molecular flexibility index (Phi) is 6.99. The van der Waals surface area contributed by atoms with Gasteiger partial charge in [-0.3, -0.25) is 4.79 Å². The quantitative estimate of drug-likeness (QED) is 0.724. The zero-order chi connectivity index (χ0) is 14.3. The van der Waals surface area contributed by atoms with Gasteiger partial charge in [0.2, 0.25) is 0 Å². The molecule has 0 bridgehead atoms. The number of rotatable bonds is 8. The van der Waals surface area contributed by atoms with E-state index in [0.29, 0.717) is 11.8 Å². The van der Waals surface area contributed by atoms with E-state index in [9.17, 15) is 4.79 Å². The highest BCUT2D eigenvalue weighted by Crippen LogP contribution is 2.20. The number of hydrogen-bond donors (Lipinski definition) is 2. The molecule has 6 heteroatoms. The molecule has 3 N–H and O–H groups in total. The van der Waals surface area contributed by atoms with Crippen molar-refractivity contribution in [3.63, 3.8) is 0 Å². The van der Waals surface area contributed by atoms with Gasteiger partial charge in [0.15, 0.2) is 0 Å². The monoisotopic (exact) mass is 304 g/mol. The lowest BCUT2D eigenvalue weighted by molar-refractivity contribution is -0.137. The van der Waals surface area contributed by atoms with Crippen molar-refractivity contribution in [1.82, 2.24) is 0 Å². The average Bonchev–Trinajstić information content (AvgIpc) is 2.38. The molecule has 1 aromatic carbocycles. The van der Waals surface area contributed by atoms with E-state index < -0.39 is 12.0 Å². The number of carboxylic acids is 1. The maximum absolute atomic E-state index is 10.6. The fourth-order valence-electron chi connectivity index (χ4n) is 1.81. The summed E-state index contributed by atoms with van der Waals surface area (Å²) >= 11 is 11.5. The van der Waals surface area contributed by atoms with Gasteiger partial charge in [0.1, 0.15) is 0 Å². The molecule has 4 nitrogen and oxygen atoms in total. The van der Waals surface area contributed by atoms with E-state index in [0.717, 1.165) is 24.3 Å². The van der Waals surface area contributed by atoms with Gasteiger partial charge in [0.25, 0.3) is 0 Å². The van der Waals surface area contributed by atoms with Crippen LogP contribution in [-0.2, 0) is 4.79 Å². The standard InChI is InChI=1S/C13H18Cl2N2O2/c14-5-7-17(8-6-15)11-3-1-10(2-4-11)12(16)9-13(18)19/h1-4,12H,5-9,16H2,(H,18,19)/t12-/m1/s1. The number of carboxylic acid groups (broad SMARTS) is 1. The van der Waals surface area contributed by atoms with Crippen molar-refractivity contribution in [3.05, 3.63) is 29.8 Å². The highest BCUT2D eigenvalue weighted by atomic mass is 35.5. The van der Waals surface area contributed by atoms with Gasteiger partial charge >= 0.3 is 5.97 Å². The van der Waals surface area contributed by atoms with Gasteiger partial charge in [-0.05, 0) is 17.7 Å². The fourth-order valence-corrected chi connectivity index (χ4v) is 2.22. The highest BCUT2D eigenvalue weighted by Gasteiger charge is 2.11. The van der Waals surface area contributed by atoms with Crippen LogP contribution in [0.5, 0.6) is 0 Å². The number of aliphatic carboxylic acids is 1. The number of nitrogens with zero attached hydrogens (tertiary/aromatic N) is 1. The molecule has 106 valence electrons. The van der Waals surface area contributed by atoms with Crippen LogP contribution in [0.3, 0.4) is 0 Å². The van der Waals surface area contributed by atoms with Gasteiger partial charge in [0, 0.05) is 36.6 Å². The molecule has 0 aliphatic rings. The molecule has 1 atom stereocenters. The predicted octanol–water partition coefficient (Wildman–Crippen LogP) is 2.45. The van der Waals surface area contributed by atoms with Crippen molar-refractivity contribution in [2.24, 2.45) is 5.73 Å². The minimum Gasteiger partial charge on any atom is -0.481 e. The second-order valence-electron chi connectivity index (χ2n) is 4.16. The molecule has 0 saturated heterocycles. The van der Waals surface area contributed by atoms with E-state index in [2.05, 4.69) is 4.90 Å². The summed E-state index contributed by atoms with van der Waals surface area (Å²) in [5, 5.41) is 8.71. The van der Waals surface area contributed by atoms with Crippen molar-refractivity contribution in [1.29, 1.82) is 0 Å². The largest absolute Gasteiger partial charge is 0.481 e. The number of carbonyl (C=O) groups is 1. The Balaban J connectivity index is 2.76. The Bertz CT molecular complexity index is 392. The van der Waals surface area contributed by atoms with E-state index in [1.54, 1.807) is 0 Å². The summed E-state index contributed by atoms with van der Waals surface area (Å²) < 4.78 is 0. The van der Waals surface area contributed by atoms with Crippen LogP contribution in [0.25, 0.3) is 0 Å². The lowest BCUT2D eigenvalue weighted by atomic mass is 10.0. The third kappa shape index (κ3) is 5.27. The van der Waals surface area contributed by atoms with E-state index in [1.165, 1.54) is 0 Å². The topological polar surface area (TPSA) is 66.6 Å². The molecule has 1 aromatic rings. The Hall–Kier alpha value is -0.970. The number of alkyl halides is 2. The average molecular weight is 305 g/mol. The molecular weight excluding hydrogens is 287 g/mol. The number of anilines is 1. The fraction of sp³-hybridized carbons (Fsp3) is 0.462. The van der Waals surface area contributed by atoms with Crippen LogP contribution in [-0.4, -0.2) is 35.9 Å². The van der Waals surface area contributed by atoms with Gasteiger partial charge in [-0.1, -0.05) is 12.1 Å². The minimum absolute atomic E-state index is 0.0770. The smallest absolute Gasteiger partial charge is 0.305 e. The summed E-state index contributed by atoms with van der Waals surface area (Å²) in [6, 6.07) is 7.03. The third-order valence-electron chi connectivity index (χ3n) is 2.79. The molecule has 0 heterocycles. The second kappa shape index (κ2) is 8.25. The molecule has 0 radical (unpaired) electrons. The van der Waals surface area contributed by atoms with Crippen LogP contribution in [0.2, 0.25) is 0 Å². The van der Waals surface area contributed by atoms with Crippen LogP contribution in [0.1, 0.15) is 18.0 Å². The lowest BCUT2D eigenvalue weighted by Crippen LogP contribution is -2.27. The van der Waals surface area contributed by atoms with Crippen molar-refractivity contribution in [3.8, 4) is 0 Å². The van der Waals surface area contributed by atoms with Crippen LogP contribution in [0.4, 0.5) is 5.69 Å². The summed E-state index contributed by atoms with van der Waals surface area (Å²) in [7, 11) is 0. The van der Waals surface area contributed by atoms with Crippen molar-refractivity contribution < 1.29 is 9.90 Å². The maximum atomic E-state index is 10.6. The molecule has 0 fully saturated rings. The molecule has 0 aliphatic carbocycles. The first-order chi connectivity index (χ1) is 9.08. The first kappa shape index (κ1) is 16.1. The van der Waals surface area contributed by atoms with Gasteiger partial charge in [-0.15, -0.1) is 23.2 Å². The summed E-state index contributed by atoms with van der Waals surface area (Å²) in [5.41, 5.74) is 7.62. The molecule has 0 unspecified atom stereocenters. The molecule has 19 heavy (non-hydrogen) atoms. The molecule has 1 rings (SSSR count). The molecule has 0 aromatic heterocycles. The summed E-state index contributed by atoms with van der Waals surface area (Å²) in [4.78, 5) is 12.7. The lowest BCUT2D eigenvalue weighted by Gasteiger charge is -2.23. The zero-order valence-electron chi connectivity index (χ0n) is 10.6. The van der Waals surface area contributed by atoms with Gasteiger partial charge in [-0.2, -0.15) is 0 Å². The SMILES string of the molecule is N[C@H](CC(=O)O)c1ccc(N(CCCl)CCCl)cc1. The Morgan fingerprint density at radius 1 is 1.21 bits per heavy atom. The van der Waals surface area contributed by atoms with Gasteiger partial charge in [0.05, 0.1) is 6.42 Å². The Morgan fingerprint density at radius 2 is 1.74 bits per heavy atom. The summed E-state index contributed by atoms with van der Waals surface area (Å²) in [5.74, 6) is 0.149. The van der Waals surface area contributed by atoms with Crippen molar-refractivity contribution >= 4 is 34.9 Å². The van der Waals surface area contributed by atoms with E-state index in [1.807, 2.05) is 24.3 Å². The molecule has 0 amide bonds. The van der Waals surface area contributed by atoms with E-state index in [4.69, 9.17) is 34.0 Å². The van der Waals surface area contributed by atoms with Crippen molar-refractivity contribution in [2.45, 2.75) is 12.5 Å². The third-order valence-corrected chi connectivity index (χ3v) is 3.13. The maximum Gasteiger partial charge on any atom is 0.305 e. The highest BCUT2D eigenvalue weighted by molar-refractivity contribution is 6.18. The zero-order valence-corrected chi connectivity index (χ0v) is 12.1. The van der Waals surface area contributed by atoms with E-state index >= 15 is 0 Å². The predicted molar refractivity (Wildman–Crippen MR) is 79.3 cm³/mol. The summed E-state index contributed by atoms with van der Waals surface area (Å²) in [6.07, 6.45) is -0.0770. The second-order valence-corrected chi connectivity index (χ2v) is 4.92. The van der Waals surface area contributed by atoms with Crippen LogP contribution in [0, 0.1) is 0 Å². The van der Waals surface area contributed by atoms with Gasteiger partial charge in [-0.25, -0.2) is 0 Å².